The first-order valence-electron chi connectivity index (χ1n) is 6.61. The molecule has 0 aliphatic heterocycles. The van der Waals surface area contributed by atoms with Gasteiger partial charge in [-0.3, -0.25) is 4.79 Å². The lowest BCUT2D eigenvalue weighted by Gasteiger charge is -2.49. The average Bonchev–Trinajstić information content (AvgIpc) is 2.39. The van der Waals surface area contributed by atoms with Gasteiger partial charge >= 0.3 is 0 Å². The highest BCUT2D eigenvalue weighted by Gasteiger charge is 2.48. The van der Waals surface area contributed by atoms with Gasteiger partial charge in [-0.05, 0) is 25.5 Å². The van der Waals surface area contributed by atoms with E-state index in [0.717, 1.165) is 0 Å². The molecule has 0 bridgehead atoms. The number of carbonyl (C=O) groups is 1. The predicted molar refractivity (Wildman–Crippen MR) is 72.9 cm³/mol. The van der Waals surface area contributed by atoms with E-state index in [0.29, 0.717) is 12.2 Å². The molecule has 1 aromatic rings. The van der Waals surface area contributed by atoms with Gasteiger partial charge in [-0.15, -0.1) is 0 Å². The summed E-state index contributed by atoms with van der Waals surface area (Å²) in [6.07, 6.45) is -0.282. The number of rotatable bonds is 4. The highest BCUT2D eigenvalue weighted by Crippen LogP contribution is 2.40. The summed E-state index contributed by atoms with van der Waals surface area (Å²) < 4.78 is 5.57. The number of hydrogen-bond acceptors (Lipinski definition) is 3. The molecule has 1 aromatic carbocycles. The standard InChI is InChI=1S/C15H21NO3/c1-10(19-11-7-5-4-6-8-11)14(18)16-12-9-13(17)15(12,2)3/h4-8,10,12-13,17H,9H2,1-3H3,(H,16,18). The third-order valence-corrected chi connectivity index (χ3v) is 3.96. The van der Waals surface area contributed by atoms with Gasteiger partial charge in [0.05, 0.1) is 6.10 Å². The maximum Gasteiger partial charge on any atom is 0.261 e. The second-order valence-corrected chi connectivity index (χ2v) is 5.71. The Bertz CT molecular complexity index is 444. The van der Waals surface area contributed by atoms with Gasteiger partial charge in [-0.1, -0.05) is 32.0 Å². The summed E-state index contributed by atoms with van der Waals surface area (Å²) in [5, 5.41) is 12.6. The first kappa shape index (κ1) is 13.9. The quantitative estimate of drug-likeness (QED) is 0.869. The summed E-state index contributed by atoms with van der Waals surface area (Å²) in [6, 6.07) is 9.28. The van der Waals surface area contributed by atoms with Crippen LogP contribution in [0.1, 0.15) is 27.2 Å². The van der Waals surface area contributed by atoms with E-state index in [-0.39, 0.29) is 23.5 Å². The molecule has 19 heavy (non-hydrogen) atoms. The van der Waals surface area contributed by atoms with E-state index < -0.39 is 6.10 Å². The molecule has 0 saturated heterocycles. The van der Waals surface area contributed by atoms with Crippen LogP contribution in [0.3, 0.4) is 0 Å². The number of hydrogen-bond donors (Lipinski definition) is 2. The van der Waals surface area contributed by atoms with Crippen molar-refractivity contribution in [3.8, 4) is 5.75 Å². The van der Waals surface area contributed by atoms with Crippen molar-refractivity contribution in [2.75, 3.05) is 0 Å². The van der Waals surface area contributed by atoms with Gasteiger partial charge in [0.1, 0.15) is 5.75 Å². The van der Waals surface area contributed by atoms with Gasteiger partial charge in [0.25, 0.3) is 5.91 Å². The lowest BCUT2D eigenvalue weighted by atomic mass is 9.64. The van der Waals surface area contributed by atoms with Crippen LogP contribution in [-0.2, 0) is 4.79 Å². The van der Waals surface area contributed by atoms with Gasteiger partial charge in [0.2, 0.25) is 0 Å². The molecule has 4 heteroatoms. The fourth-order valence-electron chi connectivity index (χ4n) is 2.19. The number of carbonyl (C=O) groups excluding carboxylic acids is 1. The molecule has 4 nitrogen and oxygen atoms in total. The Balaban J connectivity index is 1.87. The fourth-order valence-corrected chi connectivity index (χ4v) is 2.19. The van der Waals surface area contributed by atoms with E-state index >= 15 is 0 Å². The minimum absolute atomic E-state index is 0.0109. The zero-order chi connectivity index (χ0) is 14.0. The predicted octanol–water partition coefficient (Wildman–Crippen LogP) is 1.73. The summed E-state index contributed by atoms with van der Waals surface area (Å²) >= 11 is 0. The largest absolute Gasteiger partial charge is 0.481 e. The van der Waals surface area contributed by atoms with Gasteiger partial charge in [0.15, 0.2) is 6.10 Å². The van der Waals surface area contributed by atoms with Crippen molar-refractivity contribution in [2.24, 2.45) is 5.41 Å². The second-order valence-electron chi connectivity index (χ2n) is 5.71. The van der Waals surface area contributed by atoms with E-state index in [1.54, 1.807) is 6.92 Å². The van der Waals surface area contributed by atoms with Crippen LogP contribution in [0.4, 0.5) is 0 Å². The van der Waals surface area contributed by atoms with E-state index in [1.165, 1.54) is 0 Å². The minimum Gasteiger partial charge on any atom is -0.481 e. The van der Waals surface area contributed by atoms with Crippen LogP contribution in [-0.4, -0.2) is 29.3 Å². The van der Waals surface area contributed by atoms with Crippen LogP contribution < -0.4 is 10.1 Å². The molecular formula is C15H21NO3. The number of nitrogens with one attached hydrogen (secondary N) is 1. The molecule has 1 aliphatic carbocycles. The SMILES string of the molecule is CC(Oc1ccccc1)C(=O)NC1CC(O)C1(C)C. The Labute approximate surface area is 113 Å². The van der Waals surface area contributed by atoms with Crippen LogP contribution in [0.15, 0.2) is 30.3 Å². The lowest BCUT2D eigenvalue weighted by Crippen LogP contribution is -2.62. The van der Waals surface area contributed by atoms with Gasteiger partial charge in [-0.25, -0.2) is 0 Å². The van der Waals surface area contributed by atoms with Crippen molar-refractivity contribution in [3.63, 3.8) is 0 Å². The maximum atomic E-state index is 12.0. The van der Waals surface area contributed by atoms with E-state index in [9.17, 15) is 9.90 Å². The first-order chi connectivity index (χ1) is 8.91. The smallest absolute Gasteiger partial charge is 0.261 e. The number of para-hydroxylation sites is 1. The van der Waals surface area contributed by atoms with Crippen LogP contribution in [0, 0.1) is 5.41 Å². The van der Waals surface area contributed by atoms with Crippen molar-refractivity contribution in [3.05, 3.63) is 30.3 Å². The van der Waals surface area contributed by atoms with Crippen molar-refractivity contribution in [2.45, 2.75) is 45.4 Å². The Kier molecular flexibility index (Phi) is 3.80. The number of amides is 1. The topological polar surface area (TPSA) is 58.6 Å². The third kappa shape index (κ3) is 2.89. The summed E-state index contributed by atoms with van der Waals surface area (Å²) in [5.41, 5.74) is -0.262. The average molecular weight is 263 g/mol. The molecule has 3 unspecified atom stereocenters. The Morgan fingerprint density at radius 1 is 1.42 bits per heavy atom. The zero-order valence-corrected chi connectivity index (χ0v) is 11.6. The van der Waals surface area contributed by atoms with E-state index in [1.807, 2.05) is 44.2 Å². The lowest BCUT2D eigenvalue weighted by molar-refractivity contribution is -0.135. The zero-order valence-electron chi connectivity index (χ0n) is 11.6. The molecule has 0 spiro atoms. The van der Waals surface area contributed by atoms with E-state index in [2.05, 4.69) is 5.32 Å². The number of ether oxygens (including phenoxy) is 1. The molecule has 0 radical (unpaired) electrons. The summed E-state index contributed by atoms with van der Waals surface area (Å²) in [6.45, 7) is 5.63. The molecule has 104 valence electrons. The van der Waals surface area contributed by atoms with Gasteiger partial charge in [0, 0.05) is 11.5 Å². The normalized spacial score (nSPS) is 26.1. The third-order valence-electron chi connectivity index (χ3n) is 3.96. The molecule has 1 amide bonds. The molecule has 0 aromatic heterocycles. The molecule has 1 aliphatic rings. The molecule has 1 saturated carbocycles. The van der Waals surface area contributed by atoms with Crippen LogP contribution in [0.2, 0.25) is 0 Å². The summed E-state index contributed by atoms with van der Waals surface area (Å²) in [5.74, 6) is 0.534. The van der Waals surface area contributed by atoms with Crippen molar-refractivity contribution in [1.82, 2.24) is 5.32 Å². The van der Waals surface area contributed by atoms with Crippen LogP contribution in [0.5, 0.6) is 5.75 Å². The highest BCUT2D eigenvalue weighted by molar-refractivity contribution is 5.81. The summed E-state index contributed by atoms with van der Waals surface area (Å²) in [7, 11) is 0. The Hall–Kier alpha value is -1.55. The van der Waals surface area contributed by atoms with Crippen LogP contribution >= 0.6 is 0 Å². The Morgan fingerprint density at radius 3 is 2.58 bits per heavy atom. The van der Waals surface area contributed by atoms with Gasteiger partial charge < -0.3 is 15.2 Å². The van der Waals surface area contributed by atoms with Crippen molar-refractivity contribution >= 4 is 5.91 Å². The highest BCUT2D eigenvalue weighted by atomic mass is 16.5. The minimum atomic E-state index is -0.545. The molecule has 1 fully saturated rings. The van der Waals surface area contributed by atoms with Crippen molar-refractivity contribution < 1.29 is 14.6 Å². The van der Waals surface area contributed by atoms with Crippen LogP contribution in [0.25, 0.3) is 0 Å². The number of aliphatic hydroxyl groups excluding tert-OH is 1. The van der Waals surface area contributed by atoms with Crippen molar-refractivity contribution in [1.29, 1.82) is 0 Å². The monoisotopic (exact) mass is 263 g/mol. The molecule has 2 rings (SSSR count). The second kappa shape index (κ2) is 5.21. The molecule has 3 atom stereocenters. The molecular weight excluding hydrogens is 242 g/mol. The van der Waals surface area contributed by atoms with E-state index in [4.69, 9.17) is 4.74 Å². The van der Waals surface area contributed by atoms with Gasteiger partial charge in [-0.2, -0.15) is 0 Å². The summed E-state index contributed by atoms with van der Waals surface area (Å²) in [4.78, 5) is 12.0. The fraction of sp³-hybridized carbons (Fsp3) is 0.533. The number of aliphatic hydroxyl groups is 1. The number of benzene rings is 1. The maximum absolute atomic E-state index is 12.0. The first-order valence-corrected chi connectivity index (χ1v) is 6.61. The Morgan fingerprint density at radius 2 is 2.05 bits per heavy atom. The molecule has 0 heterocycles. The molecule has 2 N–H and O–H groups in total.